The summed E-state index contributed by atoms with van der Waals surface area (Å²) in [6.07, 6.45) is -0.0904. The topological polar surface area (TPSA) is 72.5 Å². The molecule has 5 heteroatoms. The van der Waals surface area contributed by atoms with Gasteiger partial charge < -0.3 is 15.6 Å². The van der Waals surface area contributed by atoms with Crippen LogP contribution in [0.15, 0.2) is 6.07 Å². The number of aryl methyl sites for hydroxylation is 2. The second kappa shape index (κ2) is 5.14. The average molecular weight is 241 g/mol. The molecule has 0 aliphatic heterocycles. The minimum atomic E-state index is -1.16. The van der Waals surface area contributed by atoms with E-state index in [1.54, 1.807) is 19.9 Å². The summed E-state index contributed by atoms with van der Waals surface area (Å²) in [6, 6.07) is 0.517. The summed E-state index contributed by atoms with van der Waals surface area (Å²) in [4.78, 5) is 10.7. The van der Waals surface area contributed by atoms with Crippen LogP contribution in [0.25, 0.3) is 0 Å². The van der Waals surface area contributed by atoms with Gasteiger partial charge in [-0.1, -0.05) is 0 Å². The van der Waals surface area contributed by atoms with E-state index in [1.807, 2.05) is 0 Å². The highest BCUT2D eigenvalue weighted by Gasteiger charge is 2.21. The van der Waals surface area contributed by atoms with Gasteiger partial charge in [-0.3, -0.25) is 4.79 Å². The van der Waals surface area contributed by atoms with Gasteiger partial charge in [0.05, 0.1) is 7.11 Å². The lowest BCUT2D eigenvalue weighted by molar-refractivity contribution is -0.138. The Morgan fingerprint density at radius 3 is 2.59 bits per heavy atom. The second-order valence-corrected chi connectivity index (χ2v) is 3.99. The molecular weight excluding hydrogens is 225 g/mol. The minimum Gasteiger partial charge on any atom is -0.496 e. The molecule has 1 aromatic carbocycles. The van der Waals surface area contributed by atoms with E-state index >= 15 is 0 Å². The molecule has 1 aromatic rings. The van der Waals surface area contributed by atoms with E-state index in [1.165, 1.54) is 7.11 Å². The van der Waals surface area contributed by atoms with Crippen molar-refractivity contribution in [2.75, 3.05) is 7.11 Å². The lowest BCUT2D eigenvalue weighted by atomic mass is 9.99. The highest BCUT2D eigenvalue weighted by Crippen LogP contribution is 2.29. The first kappa shape index (κ1) is 13.4. The van der Waals surface area contributed by atoms with Crippen molar-refractivity contribution >= 4 is 5.97 Å². The van der Waals surface area contributed by atoms with Crippen LogP contribution in [-0.4, -0.2) is 24.2 Å². The molecule has 0 amide bonds. The molecule has 0 saturated heterocycles. The molecule has 0 heterocycles. The first-order chi connectivity index (χ1) is 7.88. The summed E-state index contributed by atoms with van der Waals surface area (Å²) in [6.45, 7) is 3.40. The number of hydrogen-bond acceptors (Lipinski definition) is 3. The van der Waals surface area contributed by atoms with Crippen LogP contribution in [0, 0.1) is 19.7 Å². The maximum Gasteiger partial charge on any atom is 0.320 e. The van der Waals surface area contributed by atoms with Crippen LogP contribution in [-0.2, 0) is 11.2 Å². The summed E-state index contributed by atoms with van der Waals surface area (Å²) in [5.41, 5.74) is 6.86. The van der Waals surface area contributed by atoms with Gasteiger partial charge in [-0.2, -0.15) is 0 Å². The number of halogens is 1. The predicted molar refractivity (Wildman–Crippen MR) is 61.7 cm³/mol. The lowest BCUT2D eigenvalue weighted by Gasteiger charge is -2.16. The number of carboxylic acids is 1. The number of carbonyl (C=O) groups is 1. The number of rotatable bonds is 4. The van der Waals surface area contributed by atoms with Crippen molar-refractivity contribution < 1.29 is 19.0 Å². The van der Waals surface area contributed by atoms with E-state index in [0.717, 1.165) is 5.56 Å². The molecule has 17 heavy (non-hydrogen) atoms. The largest absolute Gasteiger partial charge is 0.496 e. The molecule has 1 unspecified atom stereocenters. The zero-order valence-corrected chi connectivity index (χ0v) is 10.1. The smallest absolute Gasteiger partial charge is 0.320 e. The Morgan fingerprint density at radius 2 is 2.12 bits per heavy atom. The summed E-state index contributed by atoms with van der Waals surface area (Å²) < 4.78 is 19.0. The summed E-state index contributed by atoms with van der Waals surface area (Å²) >= 11 is 0. The van der Waals surface area contributed by atoms with E-state index in [4.69, 9.17) is 15.6 Å². The van der Waals surface area contributed by atoms with Crippen molar-refractivity contribution in [3.8, 4) is 5.75 Å². The van der Waals surface area contributed by atoms with Crippen LogP contribution < -0.4 is 10.5 Å². The highest BCUT2D eigenvalue weighted by molar-refractivity contribution is 5.73. The molecule has 4 nitrogen and oxygen atoms in total. The molecule has 94 valence electrons. The minimum absolute atomic E-state index is 0.0904. The average Bonchev–Trinajstić information content (AvgIpc) is 2.25. The van der Waals surface area contributed by atoms with Gasteiger partial charge in [0.2, 0.25) is 0 Å². The number of benzene rings is 1. The van der Waals surface area contributed by atoms with E-state index in [0.29, 0.717) is 11.3 Å². The first-order valence-electron chi connectivity index (χ1n) is 5.19. The van der Waals surface area contributed by atoms with E-state index in [-0.39, 0.29) is 12.0 Å². The Hall–Kier alpha value is -1.62. The van der Waals surface area contributed by atoms with Crippen LogP contribution in [0.4, 0.5) is 4.39 Å². The maximum atomic E-state index is 13.9. The quantitative estimate of drug-likeness (QED) is 0.835. The van der Waals surface area contributed by atoms with Crippen molar-refractivity contribution in [1.82, 2.24) is 0 Å². The molecule has 0 fully saturated rings. The maximum absolute atomic E-state index is 13.9. The van der Waals surface area contributed by atoms with Gasteiger partial charge in [-0.05, 0) is 31.0 Å². The predicted octanol–water partition coefficient (Wildman–Crippen LogP) is 1.41. The van der Waals surface area contributed by atoms with Gasteiger partial charge in [0.25, 0.3) is 0 Å². The van der Waals surface area contributed by atoms with Gasteiger partial charge in [-0.25, -0.2) is 4.39 Å². The molecule has 1 rings (SSSR count). The fraction of sp³-hybridized carbons (Fsp3) is 0.417. The molecule has 0 aromatic heterocycles. The molecule has 0 aliphatic carbocycles. The van der Waals surface area contributed by atoms with E-state index in [9.17, 15) is 9.18 Å². The standard InChI is InChI=1S/C12H16FNO3/c1-6-4-7(2)11(17-3)8(10(6)13)5-9(14)12(15)16/h4,9H,5,14H2,1-3H3,(H,15,16). The van der Waals surface area contributed by atoms with Crippen molar-refractivity contribution in [3.63, 3.8) is 0 Å². The van der Waals surface area contributed by atoms with Crippen molar-refractivity contribution in [1.29, 1.82) is 0 Å². The Bertz CT molecular complexity index is 446. The molecule has 0 spiro atoms. The van der Waals surface area contributed by atoms with E-state index in [2.05, 4.69) is 0 Å². The Morgan fingerprint density at radius 1 is 1.53 bits per heavy atom. The van der Waals surface area contributed by atoms with Gasteiger partial charge in [0, 0.05) is 12.0 Å². The molecule has 0 saturated carbocycles. The lowest BCUT2D eigenvalue weighted by Crippen LogP contribution is -2.32. The highest BCUT2D eigenvalue weighted by atomic mass is 19.1. The van der Waals surface area contributed by atoms with Gasteiger partial charge in [0.1, 0.15) is 17.6 Å². The zero-order valence-electron chi connectivity index (χ0n) is 10.1. The van der Waals surface area contributed by atoms with Crippen LogP contribution in [0.3, 0.4) is 0 Å². The molecule has 0 bridgehead atoms. The third kappa shape index (κ3) is 2.74. The summed E-state index contributed by atoms with van der Waals surface area (Å²) in [5.74, 6) is -1.25. The zero-order chi connectivity index (χ0) is 13.2. The fourth-order valence-electron chi connectivity index (χ4n) is 1.80. The van der Waals surface area contributed by atoms with Gasteiger partial charge >= 0.3 is 5.97 Å². The summed E-state index contributed by atoms with van der Waals surface area (Å²) in [5, 5.41) is 8.75. The van der Waals surface area contributed by atoms with Crippen molar-refractivity contribution in [3.05, 3.63) is 28.6 Å². The van der Waals surface area contributed by atoms with Crippen LogP contribution in [0.1, 0.15) is 16.7 Å². The number of aliphatic carboxylic acids is 1. The second-order valence-electron chi connectivity index (χ2n) is 3.99. The SMILES string of the molecule is COc1c(C)cc(C)c(F)c1CC(N)C(=O)O. The third-order valence-corrected chi connectivity index (χ3v) is 2.62. The molecular formula is C12H16FNO3. The van der Waals surface area contributed by atoms with Crippen LogP contribution in [0.5, 0.6) is 5.75 Å². The molecule has 3 N–H and O–H groups in total. The molecule has 0 radical (unpaired) electrons. The monoisotopic (exact) mass is 241 g/mol. The van der Waals surface area contributed by atoms with Crippen LogP contribution in [0.2, 0.25) is 0 Å². The van der Waals surface area contributed by atoms with E-state index < -0.39 is 17.8 Å². The van der Waals surface area contributed by atoms with Gasteiger partial charge in [-0.15, -0.1) is 0 Å². The Kier molecular flexibility index (Phi) is 4.07. The normalized spacial score (nSPS) is 12.3. The van der Waals surface area contributed by atoms with Crippen molar-refractivity contribution in [2.24, 2.45) is 5.73 Å². The number of methoxy groups -OCH3 is 1. The van der Waals surface area contributed by atoms with Crippen molar-refractivity contribution in [2.45, 2.75) is 26.3 Å². The van der Waals surface area contributed by atoms with Crippen LogP contribution >= 0.6 is 0 Å². The number of ether oxygens (including phenoxy) is 1. The summed E-state index contributed by atoms with van der Waals surface area (Å²) in [7, 11) is 1.42. The number of nitrogens with two attached hydrogens (primary N) is 1. The number of hydrogen-bond donors (Lipinski definition) is 2. The van der Waals surface area contributed by atoms with Gasteiger partial charge in [0.15, 0.2) is 0 Å². The molecule has 0 aliphatic rings. The molecule has 1 atom stereocenters. The Labute approximate surface area is 99.2 Å². The number of carboxylic acid groups (broad SMARTS) is 1. The third-order valence-electron chi connectivity index (χ3n) is 2.62. The Balaban J connectivity index is 3.25. The fourth-order valence-corrected chi connectivity index (χ4v) is 1.80. The first-order valence-corrected chi connectivity index (χ1v) is 5.19.